The predicted octanol–water partition coefficient (Wildman–Crippen LogP) is 2.09. The first kappa shape index (κ1) is 14.6. The molecule has 0 amide bonds. The van der Waals surface area contributed by atoms with Gasteiger partial charge in [-0.05, 0) is 13.8 Å². The summed E-state index contributed by atoms with van der Waals surface area (Å²) in [6.07, 6.45) is 0.972. The summed E-state index contributed by atoms with van der Waals surface area (Å²) in [5.41, 5.74) is 0.0108. The summed E-state index contributed by atoms with van der Waals surface area (Å²) >= 11 is 0. The highest BCUT2D eigenvalue weighted by Gasteiger charge is 2.22. The zero-order chi connectivity index (χ0) is 14.6. The van der Waals surface area contributed by atoms with Gasteiger partial charge in [-0.3, -0.25) is 10.1 Å². The first-order chi connectivity index (χ1) is 8.86. The Morgan fingerprint density at radius 2 is 2.26 bits per heavy atom. The van der Waals surface area contributed by atoms with Crippen LogP contribution in [0.4, 0.5) is 11.5 Å². The van der Waals surface area contributed by atoms with Crippen LogP contribution in [0, 0.1) is 10.1 Å². The number of carboxylic acids is 1. The van der Waals surface area contributed by atoms with Crippen LogP contribution < -0.4 is 4.90 Å². The molecule has 7 nitrogen and oxygen atoms in total. The molecule has 0 saturated heterocycles. The number of likely N-dealkylation sites (N-methyl/N-ethyl adjacent to an activating group) is 1. The van der Waals surface area contributed by atoms with E-state index in [1.807, 2.05) is 13.8 Å². The Morgan fingerprint density at radius 1 is 1.63 bits per heavy atom. The van der Waals surface area contributed by atoms with Crippen molar-refractivity contribution in [2.45, 2.75) is 13.8 Å². The molecule has 0 bridgehead atoms. The molecule has 0 saturated carbocycles. The molecule has 102 valence electrons. The average Bonchev–Trinajstić information content (AvgIpc) is 2.34. The molecule has 0 aliphatic rings. The van der Waals surface area contributed by atoms with E-state index in [1.165, 1.54) is 6.07 Å². The lowest BCUT2D eigenvalue weighted by Gasteiger charge is -2.22. The fraction of sp³-hybridized carbons (Fsp3) is 0.333. The smallest absolute Gasteiger partial charge is 0.342 e. The van der Waals surface area contributed by atoms with Gasteiger partial charge in [-0.25, -0.2) is 9.78 Å². The van der Waals surface area contributed by atoms with Gasteiger partial charge in [0.05, 0.1) is 4.92 Å². The minimum atomic E-state index is -1.35. The number of nitrogens with zero attached hydrogens (tertiary/aromatic N) is 3. The number of anilines is 1. The molecule has 0 fully saturated rings. The van der Waals surface area contributed by atoms with Crippen LogP contribution in [0.2, 0.25) is 0 Å². The second-order valence-electron chi connectivity index (χ2n) is 4.09. The Labute approximate surface area is 110 Å². The molecule has 0 spiro atoms. The van der Waals surface area contributed by atoms with E-state index in [1.54, 1.807) is 4.90 Å². The molecule has 19 heavy (non-hydrogen) atoms. The molecule has 0 aliphatic heterocycles. The molecule has 0 aliphatic carbocycles. The van der Waals surface area contributed by atoms with Crippen LogP contribution in [0.1, 0.15) is 24.2 Å². The number of aromatic carboxylic acids is 1. The second kappa shape index (κ2) is 5.94. The van der Waals surface area contributed by atoms with E-state index in [4.69, 9.17) is 5.11 Å². The predicted molar refractivity (Wildman–Crippen MR) is 70.6 cm³/mol. The molecule has 1 aromatic rings. The van der Waals surface area contributed by atoms with E-state index in [0.717, 1.165) is 11.8 Å². The standard InChI is InChI=1S/C12H15N3O4/c1-4-14(7-8(2)3)11-5-9(12(16)17)10(6-13-11)15(18)19/h5-6H,2,4,7H2,1,3H3,(H,16,17). The monoisotopic (exact) mass is 265 g/mol. The van der Waals surface area contributed by atoms with E-state index in [2.05, 4.69) is 11.6 Å². The van der Waals surface area contributed by atoms with Gasteiger partial charge in [0.1, 0.15) is 17.6 Å². The lowest BCUT2D eigenvalue weighted by atomic mass is 10.2. The lowest BCUT2D eigenvalue weighted by molar-refractivity contribution is -0.385. The zero-order valence-electron chi connectivity index (χ0n) is 10.8. The summed E-state index contributed by atoms with van der Waals surface area (Å²) in [4.78, 5) is 26.8. The first-order valence-corrected chi connectivity index (χ1v) is 5.63. The molecule has 1 aromatic heterocycles. The van der Waals surface area contributed by atoms with Crippen molar-refractivity contribution in [1.82, 2.24) is 4.98 Å². The minimum Gasteiger partial charge on any atom is -0.477 e. The van der Waals surface area contributed by atoms with E-state index in [0.29, 0.717) is 18.9 Å². The van der Waals surface area contributed by atoms with E-state index < -0.39 is 16.6 Å². The van der Waals surface area contributed by atoms with Crippen LogP contribution in [0.5, 0.6) is 0 Å². The molecule has 1 rings (SSSR count). The van der Waals surface area contributed by atoms with Crippen molar-refractivity contribution in [3.05, 3.63) is 40.1 Å². The Morgan fingerprint density at radius 3 is 2.68 bits per heavy atom. The van der Waals surface area contributed by atoms with Crippen molar-refractivity contribution in [3.8, 4) is 0 Å². The highest BCUT2D eigenvalue weighted by atomic mass is 16.6. The molecule has 7 heteroatoms. The summed E-state index contributed by atoms with van der Waals surface area (Å²) < 4.78 is 0. The number of rotatable bonds is 6. The Hall–Kier alpha value is -2.44. The quantitative estimate of drug-likeness (QED) is 0.480. The van der Waals surface area contributed by atoms with Crippen LogP contribution in [0.15, 0.2) is 24.4 Å². The summed E-state index contributed by atoms with van der Waals surface area (Å²) in [5.74, 6) is -0.963. The number of hydrogen-bond acceptors (Lipinski definition) is 5. The van der Waals surface area contributed by atoms with Gasteiger partial charge in [-0.2, -0.15) is 0 Å². The van der Waals surface area contributed by atoms with Crippen LogP contribution in [0.25, 0.3) is 0 Å². The van der Waals surface area contributed by atoms with Gasteiger partial charge >= 0.3 is 11.7 Å². The third-order valence-electron chi connectivity index (χ3n) is 2.46. The topological polar surface area (TPSA) is 96.6 Å². The van der Waals surface area contributed by atoms with Gasteiger partial charge in [0, 0.05) is 19.2 Å². The molecule has 0 atom stereocenters. The minimum absolute atomic E-state index is 0.366. The molecule has 1 heterocycles. The van der Waals surface area contributed by atoms with Gasteiger partial charge in [0.25, 0.3) is 0 Å². The third-order valence-corrected chi connectivity index (χ3v) is 2.46. The molecule has 1 N–H and O–H groups in total. The number of pyridine rings is 1. The van der Waals surface area contributed by atoms with Crippen LogP contribution in [-0.4, -0.2) is 34.1 Å². The Bertz CT molecular complexity index is 528. The normalized spacial score (nSPS) is 10.0. The maximum atomic E-state index is 11.0. The van der Waals surface area contributed by atoms with Crippen molar-refractivity contribution < 1.29 is 14.8 Å². The number of carbonyl (C=O) groups is 1. The van der Waals surface area contributed by atoms with Crippen molar-refractivity contribution >= 4 is 17.5 Å². The van der Waals surface area contributed by atoms with Gasteiger partial charge in [0.2, 0.25) is 0 Å². The zero-order valence-corrected chi connectivity index (χ0v) is 10.8. The second-order valence-corrected chi connectivity index (χ2v) is 4.09. The Balaban J connectivity index is 3.24. The highest BCUT2D eigenvalue weighted by Crippen LogP contribution is 2.22. The SMILES string of the molecule is C=C(C)CN(CC)c1cc(C(=O)O)c([N+](=O)[O-])cn1. The van der Waals surface area contributed by atoms with E-state index in [-0.39, 0.29) is 5.56 Å². The summed E-state index contributed by atoms with van der Waals surface area (Å²) in [6, 6.07) is 1.22. The molecular weight excluding hydrogens is 250 g/mol. The maximum Gasteiger partial charge on any atom is 0.342 e. The third kappa shape index (κ3) is 3.51. The Kier molecular flexibility index (Phi) is 4.57. The number of aromatic nitrogens is 1. The molecular formula is C12H15N3O4. The van der Waals surface area contributed by atoms with E-state index >= 15 is 0 Å². The van der Waals surface area contributed by atoms with Gasteiger partial charge in [0.15, 0.2) is 0 Å². The fourth-order valence-electron chi connectivity index (χ4n) is 1.61. The van der Waals surface area contributed by atoms with Crippen LogP contribution in [-0.2, 0) is 0 Å². The van der Waals surface area contributed by atoms with Gasteiger partial charge in [-0.1, -0.05) is 12.2 Å². The van der Waals surface area contributed by atoms with Crippen LogP contribution >= 0.6 is 0 Å². The molecule has 0 aromatic carbocycles. The lowest BCUT2D eigenvalue weighted by Crippen LogP contribution is -2.25. The largest absolute Gasteiger partial charge is 0.477 e. The summed E-state index contributed by atoms with van der Waals surface area (Å²) in [7, 11) is 0. The van der Waals surface area contributed by atoms with Gasteiger partial charge < -0.3 is 10.0 Å². The average molecular weight is 265 g/mol. The number of nitro groups is 1. The molecule has 0 unspecified atom stereocenters. The van der Waals surface area contributed by atoms with Crippen LogP contribution in [0.3, 0.4) is 0 Å². The van der Waals surface area contributed by atoms with Crippen molar-refractivity contribution in [1.29, 1.82) is 0 Å². The van der Waals surface area contributed by atoms with Gasteiger partial charge in [-0.15, -0.1) is 0 Å². The van der Waals surface area contributed by atoms with Crippen molar-refractivity contribution in [2.75, 3.05) is 18.0 Å². The summed E-state index contributed by atoms with van der Waals surface area (Å²) in [5, 5.41) is 19.7. The maximum absolute atomic E-state index is 11.0. The van der Waals surface area contributed by atoms with Crippen molar-refractivity contribution in [2.24, 2.45) is 0 Å². The number of hydrogen-bond donors (Lipinski definition) is 1. The highest BCUT2D eigenvalue weighted by molar-refractivity contribution is 5.93. The summed E-state index contributed by atoms with van der Waals surface area (Å²) in [6.45, 7) is 8.61. The first-order valence-electron chi connectivity index (χ1n) is 5.63. The fourth-order valence-corrected chi connectivity index (χ4v) is 1.61. The molecule has 0 radical (unpaired) electrons. The van der Waals surface area contributed by atoms with E-state index in [9.17, 15) is 14.9 Å². The van der Waals surface area contributed by atoms with Crippen molar-refractivity contribution in [3.63, 3.8) is 0 Å². The number of carboxylic acid groups (broad SMARTS) is 1.